The average Bonchev–Trinajstić information content (AvgIpc) is 2.54. The standard InChI is InChI=1S/C16H16O4S2/c1-2-9-16(21(17,18)14-10-5-3-6-11-14)22(19,20)15-12-7-4-8-13-15/h2-13,16H,1H3. The van der Waals surface area contributed by atoms with E-state index in [1.165, 1.54) is 36.4 Å². The second-order valence-electron chi connectivity index (χ2n) is 4.61. The van der Waals surface area contributed by atoms with Gasteiger partial charge in [-0.1, -0.05) is 48.6 Å². The molecular weight excluding hydrogens is 320 g/mol. The molecule has 0 aliphatic rings. The van der Waals surface area contributed by atoms with Gasteiger partial charge >= 0.3 is 0 Å². The van der Waals surface area contributed by atoms with Crippen molar-refractivity contribution in [3.63, 3.8) is 0 Å². The van der Waals surface area contributed by atoms with E-state index in [0.29, 0.717) is 0 Å². The van der Waals surface area contributed by atoms with Gasteiger partial charge in [-0.3, -0.25) is 0 Å². The van der Waals surface area contributed by atoms with Crippen LogP contribution in [-0.2, 0) is 19.7 Å². The van der Waals surface area contributed by atoms with E-state index < -0.39 is 24.3 Å². The summed E-state index contributed by atoms with van der Waals surface area (Å²) in [6.45, 7) is 1.59. The number of sulfone groups is 2. The lowest BCUT2D eigenvalue weighted by Gasteiger charge is -2.15. The Balaban J connectivity index is 2.62. The molecule has 4 nitrogen and oxygen atoms in total. The summed E-state index contributed by atoms with van der Waals surface area (Å²) in [5, 5.41) is 0. The molecular formula is C16H16O4S2. The molecule has 0 aromatic heterocycles. The first-order chi connectivity index (χ1) is 10.4. The minimum absolute atomic E-state index is 0.0161. The highest BCUT2D eigenvalue weighted by molar-refractivity contribution is 8.09. The number of hydrogen-bond acceptors (Lipinski definition) is 4. The molecule has 0 unspecified atom stereocenters. The molecule has 2 aromatic rings. The molecule has 0 spiro atoms. The molecule has 2 aromatic carbocycles. The molecule has 0 aliphatic carbocycles. The highest BCUT2D eigenvalue weighted by Gasteiger charge is 2.37. The fraction of sp³-hybridized carbons (Fsp3) is 0.125. The Hall–Kier alpha value is -1.92. The molecule has 0 aliphatic heterocycles. The summed E-state index contributed by atoms with van der Waals surface area (Å²) in [5.74, 6) is 0. The second kappa shape index (κ2) is 6.46. The molecule has 0 saturated heterocycles. The zero-order valence-electron chi connectivity index (χ0n) is 12.0. The monoisotopic (exact) mass is 336 g/mol. The summed E-state index contributed by atoms with van der Waals surface area (Å²) < 4.78 is 49.2. The van der Waals surface area contributed by atoms with Gasteiger partial charge in [0, 0.05) is 0 Å². The number of allylic oxidation sites excluding steroid dienone is 1. The smallest absolute Gasteiger partial charge is 0.199 e. The summed E-state index contributed by atoms with van der Waals surface area (Å²) in [6.07, 6.45) is 2.64. The number of benzene rings is 2. The zero-order chi connectivity index (χ0) is 16.2. The van der Waals surface area contributed by atoms with Crippen LogP contribution < -0.4 is 0 Å². The molecule has 2 rings (SSSR count). The van der Waals surface area contributed by atoms with Crippen molar-refractivity contribution in [3.05, 3.63) is 72.8 Å². The molecule has 0 saturated carbocycles. The van der Waals surface area contributed by atoms with Crippen molar-refractivity contribution in [1.82, 2.24) is 0 Å². The van der Waals surface area contributed by atoms with E-state index in [1.807, 2.05) is 0 Å². The van der Waals surface area contributed by atoms with Crippen molar-refractivity contribution in [2.45, 2.75) is 21.3 Å². The first kappa shape index (κ1) is 16.5. The summed E-state index contributed by atoms with van der Waals surface area (Å²) >= 11 is 0. The molecule has 116 valence electrons. The molecule has 0 N–H and O–H groups in total. The van der Waals surface area contributed by atoms with Crippen molar-refractivity contribution in [1.29, 1.82) is 0 Å². The summed E-state index contributed by atoms with van der Waals surface area (Å²) in [5.41, 5.74) is 0. The lowest BCUT2D eigenvalue weighted by atomic mass is 10.4. The Labute approximate surface area is 131 Å². The van der Waals surface area contributed by atoms with Gasteiger partial charge in [0.15, 0.2) is 24.3 Å². The summed E-state index contributed by atoms with van der Waals surface area (Å²) in [4.78, 5) is -0.0322. The maximum Gasteiger partial charge on any atom is 0.199 e. The first-order valence-electron chi connectivity index (χ1n) is 6.61. The van der Waals surface area contributed by atoms with Crippen molar-refractivity contribution in [2.75, 3.05) is 0 Å². The van der Waals surface area contributed by atoms with Crippen molar-refractivity contribution in [2.24, 2.45) is 0 Å². The largest absolute Gasteiger partial charge is 0.222 e. The Morgan fingerprint density at radius 3 is 1.41 bits per heavy atom. The van der Waals surface area contributed by atoms with Gasteiger partial charge in [-0.15, -0.1) is 0 Å². The summed E-state index contributed by atoms with van der Waals surface area (Å²) in [7, 11) is -8.09. The molecule has 0 amide bonds. The van der Waals surface area contributed by atoms with E-state index in [2.05, 4.69) is 0 Å². The van der Waals surface area contributed by atoms with Crippen LogP contribution in [-0.4, -0.2) is 21.4 Å². The highest BCUT2D eigenvalue weighted by atomic mass is 32.3. The Kier molecular flexibility index (Phi) is 4.83. The molecule has 0 heterocycles. The van der Waals surface area contributed by atoms with Crippen LogP contribution in [0.2, 0.25) is 0 Å². The Morgan fingerprint density at radius 1 is 0.727 bits per heavy atom. The molecule has 0 radical (unpaired) electrons. The van der Waals surface area contributed by atoms with Gasteiger partial charge in [0.1, 0.15) is 0 Å². The van der Waals surface area contributed by atoms with Crippen LogP contribution in [0.15, 0.2) is 82.6 Å². The third-order valence-electron chi connectivity index (χ3n) is 3.10. The van der Waals surface area contributed by atoms with Gasteiger partial charge in [0.2, 0.25) is 0 Å². The minimum atomic E-state index is -4.04. The fourth-order valence-electron chi connectivity index (χ4n) is 2.02. The Bertz CT molecular complexity index is 783. The minimum Gasteiger partial charge on any atom is -0.222 e. The van der Waals surface area contributed by atoms with Gasteiger partial charge < -0.3 is 0 Å². The predicted molar refractivity (Wildman–Crippen MR) is 85.9 cm³/mol. The van der Waals surface area contributed by atoms with Gasteiger partial charge in [-0.05, 0) is 31.2 Å². The van der Waals surface area contributed by atoms with E-state index in [-0.39, 0.29) is 9.79 Å². The molecule has 22 heavy (non-hydrogen) atoms. The second-order valence-corrected chi connectivity index (χ2v) is 9.05. The molecule has 0 fully saturated rings. The third-order valence-corrected chi connectivity index (χ3v) is 8.02. The first-order valence-corrected chi connectivity index (χ1v) is 9.70. The van der Waals surface area contributed by atoms with Gasteiger partial charge in [0.05, 0.1) is 9.79 Å². The van der Waals surface area contributed by atoms with Crippen LogP contribution >= 0.6 is 0 Å². The topological polar surface area (TPSA) is 68.3 Å². The van der Waals surface area contributed by atoms with E-state index in [1.54, 1.807) is 43.3 Å². The Morgan fingerprint density at radius 2 is 1.09 bits per heavy atom. The molecule has 0 atom stereocenters. The van der Waals surface area contributed by atoms with Crippen LogP contribution in [0.4, 0.5) is 0 Å². The normalized spacial score (nSPS) is 12.8. The van der Waals surface area contributed by atoms with Crippen LogP contribution in [0.3, 0.4) is 0 Å². The molecule has 6 heteroatoms. The maximum absolute atomic E-state index is 12.7. The lowest BCUT2D eigenvalue weighted by Crippen LogP contribution is -2.29. The zero-order valence-corrected chi connectivity index (χ0v) is 13.6. The van der Waals surface area contributed by atoms with E-state index in [9.17, 15) is 16.8 Å². The van der Waals surface area contributed by atoms with E-state index in [4.69, 9.17) is 0 Å². The van der Waals surface area contributed by atoms with Crippen molar-refractivity contribution < 1.29 is 16.8 Å². The van der Waals surface area contributed by atoms with Crippen molar-refractivity contribution in [3.8, 4) is 0 Å². The van der Waals surface area contributed by atoms with Crippen molar-refractivity contribution >= 4 is 19.7 Å². The van der Waals surface area contributed by atoms with Crippen LogP contribution in [0.1, 0.15) is 6.92 Å². The van der Waals surface area contributed by atoms with Crippen LogP contribution in [0.5, 0.6) is 0 Å². The van der Waals surface area contributed by atoms with Gasteiger partial charge in [-0.25, -0.2) is 16.8 Å². The third kappa shape index (κ3) is 3.13. The van der Waals surface area contributed by atoms with Gasteiger partial charge in [-0.2, -0.15) is 0 Å². The molecule has 0 bridgehead atoms. The SMILES string of the molecule is CC=CC(S(=O)(=O)c1ccccc1)S(=O)(=O)c1ccccc1. The maximum atomic E-state index is 12.7. The van der Waals surface area contributed by atoms with Crippen LogP contribution in [0.25, 0.3) is 0 Å². The average molecular weight is 336 g/mol. The van der Waals surface area contributed by atoms with Gasteiger partial charge in [0.25, 0.3) is 0 Å². The van der Waals surface area contributed by atoms with Crippen LogP contribution in [0, 0.1) is 0 Å². The predicted octanol–water partition coefficient (Wildman–Crippen LogP) is 2.84. The van der Waals surface area contributed by atoms with E-state index >= 15 is 0 Å². The highest BCUT2D eigenvalue weighted by Crippen LogP contribution is 2.26. The van der Waals surface area contributed by atoms with E-state index in [0.717, 1.165) is 0 Å². The quantitative estimate of drug-likeness (QED) is 0.787. The fourth-order valence-corrected chi connectivity index (χ4v) is 6.36. The summed E-state index contributed by atoms with van der Waals surface area (Å²) in [6, 6.07) is 15.2. The number of rotatable bonds is 5. The lowest BCUT2D eigenvalue weighted by molar-refractivity contribution is 0.581. The number of hydrogen-bond donors (Lipinski definition) is 0.